The summed E-state index contributed by atoms with van der Waals surface area (Å²) in [6.45, 7) is 5.37. The quantitative estimate of drug-likeness (QED) is 0.538. The SMILES string of the molecule is CNC(=O)[C@]12CC[C@](C)(C(=O)OC1=O)C2(C)C. The van der Waals surface area contributed by atoms with E-state index in [4.69, 9.17) is 4.74 Å². The van der Waals surface area contributed by atoms with Crippen molar-refractivity contribution in [3.05, 3.63) is 0 Å². The average molecular weight is 239 g/mol. The van der Waals surface area contributed by atoms with Gasteiger partial charge in [-0.2, -0.15) is 0 Å². The van der Waals surface area contributed by atoms with Crippen LogP contribution in [0.25, 0.3) is 0 Å². The minimum absolute atomic E-state index is 0.358. The van der Waals surface area contributed by atoms with Gasteiger partial charge in [-0.15, -0.1) is 0 Å². The van der Waals surface area contributed by atoms with Gasteiger partial charge in [0.2, 0.25) is 5.91 Å². The molecule has 0 spiro atoms. The van der Waals surface area contributed by atoms with Crippen molar-refractivity contribution >= 4 is 17.8 Å². The minimum Gasteiger partial charge on any atom is -0.392 e. The number of nitrogens with one attached hydrogen (secondary N) is 1. The highest BCUT2D eigenvalue weighted by Crippen LogP contribution is 2.66. The topological polar surface area (TPSA) is 72.5 Å². The Hall–Kier alpha value is -1.39. The zero-order valence-corrected chi connectivity index (χ0v) is 10.5. The lowest BCUT2D eigenvalue weighted by Crippen LogP contribution is -2.61. The van der Waals surface area contributed by atoms with E-state index in [1.807, 2.05) is 0 Å². The van der Waals surface area contributed by atoms with Gasteiger partial charge in [0, 0.05) is 12.5 Å². The molecule has 0 aromatic carbocycles. The van der Waals surface area contributed by atoms with Crippen LogP contribution in [-0.2, 0) is 19.1 Å². The van der Waals surface area contributed by atoms with Crippen LogP contribution in [0, 0.1) is 16.2 Å². The zero-order valence-electron chi connectivity index (χ0n) is 10.5. The summed E-state index contributed by atoms with van der Waals surface area (Å²) in [5.41, 5.74) is -2.73. The molecule has 2 aliphatic rings. The lowest BCUT2D eigenvalue weighted by molar-refractivity contribution is -0.196. The summed E-state index contributed by atoms with van der Waals surface area (Å²) in [6.07, 6.45) is 0.860. The van der Waals surface area contributed by atoms with Crippen molar-refractivity contribution in [1.82, 2.24) is 5.32 Å². The summed E-state index contributed by atoms with van der Waals surface area (Å²) in [5.74, 6) is -1.57. The van der Waals surface area contributed by atoms with Crippen LogP contribution in [0.15, 0.2) is 0 Å². The van der Waals surface area contributed by atoms with Gasteiger partial charge in [-0.25, -0.2) is 0 Å². The van der Waals surface area contributed by atoms with Crippen LogP contribution in [0.5, 0.6) is 0 Å². The molecule has 0 aromatic heterocycles. The lowest BCUT2D eigenvalue weighted by atomic mass is 9.57. The number of carbonyl (C=O) groups excluding carboxylic acids is 3. The van der Waals surface area contributed by atoms with Crippen molar-refractivity contribution in [3.8, 4) is 0 Å². The predicted molar refractivity (Wildman–Crippen MR) is 58.7 cm³/mol. The molecular formula is C12H17NO4. The van der Waals surface area contributed by atoms with Gasteiger partial charge >= 0.3 is 11.9 Å². The van der Waals surface area contributed by atoms with E-state index in [1.54, 1.807) is 20.8 Å². The molecule has 1 N–H and O–H groups in total. The Morgan fingerprint density at radius 3 is 2.29 bits per heavy atom. The third-order valence-electron chi connectivity index (χ3n) is 5.05. The second kappa shape index (κ2) is 3.09. The molecule has 2 bridgehead atoms. The van der Waals surface area contributed by atoms with E-state index in [-0.39, 0.29) is 5.91 Å². The molecular weight excluding hydrogens is 222 g/mol. The molecule has 0 radical (unpaired) electrons. The number of cyclic esters (lactones) is 2. The van der Waals surface area contributed by atoms with Crippen LogP contribution < -0.4 is 5.32 Å². The van der Waals surface area contributed by atoms with Gasteiger partial charge in [0.1, 0.15) is 0 Å². The highest BCUT2D eigenvalue weighted by Gasteiger charge is 2.75. The van der Waals surface area contributed by atoms with E-state index in [1.165, 1.54) is 7.05 Å². The van der Waals surface area contributed by atoms with Crippen LogP contribution >= 0.6 is 0 Å². The summed E-state index contributed by atoms with van der Waals surface area (Å²) in [4.78, 5) is 36.0. The maximum atomic E-state index is 12.1. The molecule has 1 amide bonds. The fraction of sp³-hybridized carbons (Fsp3) is 0.750. The van der Waals surface area contributed by atoms with Crippen molar-refractivity contribution in [3.63, 3.8) is 0 Å². The fourth-order valence-electron chi connectivity index (χ4n) is 3.24. The van der Waals surface area contributed by atoms with Crippen LogP contribution in [0.1, 0.15) is 33.6 Å². The number of fused-ring (bicyclic) bond motifs is 2. The summed E-state index contributed by atoms with van der Waals surface area (Å²) >= 11 is 0. The molecule has 1 saturated heterocycles. The Bertz CT molecular complexity index is 428. The van der Waals surface area contributed by atoms with Crippen molar-refractivity contribution in [2.24, 2.45) is 16.2 Å². The number of rotatable bonds is 1. The molecule has 1 heterocycles. The Balaban J connectivity index is 2.64. The first-order valence-corrected chi connectivity index (χ1v) is 5.73. The molecule has 5 heteroatoms. The lowest BCUT2D eigenvalue weighted by Gasteiger charge is -2.47. The van der Waals surface area contributed by atoms with E-state index >= 15 is 0 Å². The number of esters is 2. The minimum atomic E-state index is -1.23. The molecule has 2 atom stereocenters. The van der Waals surface area contributed by atoms with Gasteiger partial charge < -0.3 is 10.1 Å². The second-order valence-electron chi connectivity index (χ2n) is 5.62. The van der Waals surface area contributed by atoms with Gasteiger partial charge in [0.15, 0.2) is 5.41 Å². The van der Waals surface area contributed by atoms with Crippen molar-refractivity contribution in [1.29, 1.82) is 0 Å². The molecule has 1 saturated carbocycles. The molecule has 1 aliphatic carbocycles. The van der Waals surface area contributed by atoms with Gasteiger partial charge in [-0.3, -0.25) is 14.4 Å². The Labute approximate surface area is 99.9 Å². The molecule has 94 valence electrons. The number of hydrogen-bond acceptors (Lipinski definition) is 4. The first kappa shape index (κ1) is 12.1. The van der Waals surface area contributed by atoms with E-state index in [9.17, 15) is 14.4 Å². The Morgan fingerprint density at radius 1 is 1.18 bits per heavy atom. The Morgan fingerprint density at radius 2 is 1.76 bits per heavy atom. The normalized spacial score (nSPS) is 38.8. The predicted octanol–water partition coefficient (Wildman–Crippen LogP) is 0.628. The van der Waals surface area contributed by atoms with E-state index in [0.717, 1.165) is 0 Å². The molecule has 5 nitrogen and oxygen atoms in total. The van der Waals surface area contributed by atoms with Gasteiger partial charge in [0.05, 0.1) is 5.41 Å². The van der Waals surface area contributed by atoms with E-state index in [2.05, 4.69) is 5.32 Å². The third-order valence-corrected chi connectivity index (χ3v) is 5.05. The Kier molecular flexibility index (Phi) is 2.19. The van der Waals surface area contributed by atoms with Gasteiger partial charge in [0.25, 0.3) is 0 Å². The number of amides is 1. The first-order chi connectivity index (χ1) is 7.74. The zero-order chi connectivity index (χ0) is 13.1. The highest BCUT2D eigenvalue weighted by molar-refractivity contribution is 6.11. The molecule has 1 aliphatic heterocycles. The van der Waals surface area contributed by atoms with Crippen molar-refractivity contribution in [2.75, 3.05) is 7.05 Å². The average Bonchev–Trinajstić information content (AvgIpc) is 2.40. The van der Waals surface area contributed by atoms with Gasteiger partial charge in [-0.05, 0) is 19.8 Å². The molecule has 2 fully saturated rings. The van der Waals surface area contributed by atoms with Crippen molar-refractivity contribution in [2.45, 2.75) is 33.6 Å². The molecule has 0 aromatic rings. The van der Waals surface area contributed by atoms with Gasteiger partial charge in [-0.1, -0.05) is 13.8 Å². The molecule has 0 unspecified atom stereocenters. The largest absolute Gasteiger partial charge is 0.392 e. The molecule has 2 rings (SSSR count). The summed E-state index contributed by atoms with van der Waals surface area (Å²) in [7, 11) is 1.49. The maximum Gasteiger partial charge on any atom is 0.329 e. The van der Waals surface area contributed by atoms with Crippen LogP contribution in [0.3, 0.4) is 0 Å². The fourth-order valence-corrected chi connectivity index (χ4v) is 3.24. The number of carbonyl (C=O) groups is 3. The second-order valence-corrected chi connectivity index (χ2v) is 5.62. The summed E-state index contributed by atoms with van der Waals surface area (Å²) in [6, 6.07) is 0. The smallest absolute Gasteiger partial charge is 0.329 e. The molecule has 17 heavy (non-hydrogen) atoms. The standard InChI is InChI=1S/C12H17NO4/c1-10(2)11(3)5-6-12(10,7(14)13-4)9(16)17-8(11)15/h5-6H2,1-4H3,(H,13,14)/t11-,12-/m1/s1. The number of hydrogen-bond donors (Lipinski definition) is 1. The highest BCUT2D eigenvalue weighted by atomic mass is 16.6. The van der Waals surface area contributed by atoms with Crippen molar-refractivity contribution < 1.29 is 19.1 Å². The monoisotopic (exact) mass is 239 g/mol. The van der Waals surface area contributed by atoms with E-state index < -0.39 is 28.2 Å². The van der Waals surface area contributed by atoms with Crippen LogP contribution in [0.4, 0.5) is 0 Å². The third kappa shape index (κ3) is 1.02. The number of ether oxygens (including phenoxy) is 1. The maximum absolute atomic E-state index is 12.1. The summed E-state index contributed by atoms with van der Waals surface area (Å²) < 4.78 is 4.80. The summed E-state index contributed by atoms with van der Waals surface area (Å²) in [5, 5.41) is 2.52. The van der Waals surface area contributed by atoms with Crippen LogP contribution in [0.2, 0.25) is 0 Å². The van der Waals surface area contributed by atoms with E-state index in [0.29, 0.717) is 12.8 Å². The first-order valence-electron chi connectivity index (χ1n) is 5.73. The van der Waals surface area contributed by atoms with Crippen LogP contribution in [-0.4, -0.2) is 24.9 Å².